The molecular formula is C33H61NO6S. The summed E-state index contributed by atoms with van der Waals surface area (Å²) in [7, 11) is -4.44. The second-order valence-corrected chi connectivity index (χ2v) is 12.7. The first-order valence-corrected chi connectivity index (χ1v) is 17.9. The van der Waals surface area contributed by atoms with Crippen molar-refractivity contribution in [3.63, 3.8) is 0 Å². The van der Waals surface area contributed by atoms with Crippen LogP contribution in [-0.2, 0) is 14.9 Å². The predicted molar refractivity (Wildman–Crippen MR) is 171 cm³/mol. The van der Waals surface area contributed by atoms with Crippen LogP contribution in [-0.4, -0.2) is 53.1 Å². The Morgan fingerprint density at radius 2 is 1.10 bits per heavy atom. The minimum absolute atomic E-state index is 0.266. The van der Waals surface area contributed by atoms with E-state index in [9.17, 15) is 28.0 Å². The molecule has 0 fully saturated rings. The van der Waals surface area contributed by atoms with E-state index in [1.165, 1.54) is 76.7 Å². The highest BCUT2D eigenvalue weighted by atomic mass is 32.2. The molecule has 0 aromatic rings. The summed E-state index contributed by atoms with van der Waals surface area (Å²) in [5.74, 6) is -1.57. The number of hydrogen-bond donors (Lipinski definition) is 4. The summed E-state index contributed by atoms with van der Waals surface area (Å²) in [6.45, 7) is 4.41. The van der Waals surface area contributed by atoms with Gasteiger partial charge in [-0.1, -0.05) is 121 Å². The van der Waals surface area contributed by atoms with Crippen LogP contribution in [0.2, 0.25) is 0 Å². The molecule has 0 saturated heterocycles. The van der Waals surface area contributed by atoms with Gasteiger partial charge in [-0.3, -0.25) is 9.35 Å². The van der Waals surface area contributed by atoms with Crippen molar-refractivity contribution in [2.24, 2.45) is 0 Å². The molecule has 0 aliphatic heterocycles. The van der Waals surface area contributed by atoms with Gasteiger partial charge in [-0.2, -0.15) is 8.42 Å². The third-order valence-corrected chi connectivity index (χ3v) is 7.93. The maximum atomic E-state index is 12.5. The summed E-state index contributed by atoms with van der Waals surface area (Å²) >= 11 is 0. The number of amides is 1. The zero-order valence-corrected chi connectivity index (χ0v) is 26.8. The molecule has 0 aliphatic rings. The van der Waals surface area contributed by atoms with Crippen molar-refractivity contribution >= 4 is 16.0 Å². The number of aliphatic hydroxyl groups is 2. The van der Waals surface area contributed by atoms with Gasteiger partial charge in [0.1, 0.15) is 6.10 Å². The van der Waals surface area contributed by atoms with Crippen molar-refractivity contribution in [1.29, 1.82) is 0 Å². The smallest absolute Gasteiger partial charge is 0.267 e. The number of nitrogens with one attached hydrogen (secondary N) is 1. The van der Waals surface area contributed by atoms with Crippen molar-refractivity contribution < 1.29 is 28.0 Å². The van der Waals surface area contributed by atoms with Gasteiger partial charge in [0.2, 0.25) is 5.91 Å². The molecule has 0 rings (SSSR count). The standard InChI is InChI=1S/C33H61NO6S/c1-3-5-7-9-11-13-15-16-17-18-20-22-24-26-28-32(36)33(37)34-30(29-41(38,39)40)31(35)27-25-23-21-19-14-12-10-8-6-4-2/h13-15,19,25,27,30-32,35-36H,3-12,16-18,20-24,26,28-29H2,1-2H3,(H,34,37)(H,38,39,40)/b15-13-,19-14+,27-25+. The molecule has 0 heterocycles. The molecule has 41 heavy (non-hydrogen) atoms. The van der Waals surface area contributed by atoms with Crippen molar-refractivity contribution in [3.8, 4) is 0 Å². The fourth-order valence-corrected chi connectivity index (χ4v) is 5.32. The van der Waals surface area contributed by atoms with E-state index in [2.05, 4.69) is 43.5 Å². The summed E-state index contributed by atoms with van der Waals surface area (Å²) in [4.78, 5) is 12.5. The first kappa shape index (κ1) is 39.5. The quantitative estimate of drug-likeness (QED) is 0.0417. The Hall–Kier alpha value is -1.48. The van der Waals surface area contributed by atoms with Crippen LogP contribution in [0.1, 0.15) is 142 Å². The van der Waals surface area contributed by atoms with Gasteiger partial charge < -0.3 is 15.5 Å². The molecule has 0 bridgehead atoms. The van der Waals surface area contributed by atoms with E-state index in [1.54, 1.807) is 6.08 Å². The van der Waals surface area contributed by atoms with Crippen molar-refractivity contribution in [2.75, 3.05) is 5.75 Å². The van der Waals surface area contributed by atoms with Gasteiger partial charge in [-0.25, -0.2) is 0 Å². The van der Waals surface area contributed by atoms with E-state index in [0.717, 1.165) is 38.5 Å². The molecular weight excluding hydrogens is 538 g/mol. The fourth-order valence-electron chi connectivity index (χ4n) is 4.58. The van der Waals surface area contributed by atoms with E-state index in [-0.39, 0.29) is 6.42 Å². The topological polar surface area (TPSA) is 124 Å². The lowest BCUT2D eigenvalue weighted by Crippen LogP contribution is -2.50. The van der Waals surface area contributed by atoms with E-state index < -0.39 is 40.0 Å². The lowest BCUT2D eigenvalue weighted by molar-refractivity contribution is -0.130. The molecule has 240 valence electrons. The van der Waals surface area contributed by atoms with Crippen LogP contribution in [0, 0.1) is 0 Å². The molecule has 8 heteroatoms. The van der Waals surface area contributed by atoms with E-state index in [0.29, 0.717) is 12.8 Å². The monoisotopic (exact) mass is 599 g/mol. The highest BCUT2D eigenvalue weighted by Gasteiger charge is 2.27. The maximum absolute atomic E-state index is 12.5. The number of hydrogen-bond acceptors (Lipinski definition) is 5. The molecule has 0 aromatic heterocycles. The minimum Gasteiger partial charge on any atom is -0.387 e. The number of unbranched alkanes of at least 4 members (excludes halogenated alkanes) is 15. The predicted octanol–water partition coefficient (Wildman–Crippen LogP) is 7.59. The average molecular weight is 600 g/mol. The van der Waals surface area contributed by atoms with Crippen LogP contribution in [0.3, 0.4) is 0 Å². The molecule has 4 N–H and O–H groups in total. The van der Waals surface area contributed by atoms with Gasteiger partial charge in [0, 0.05) is 0 Å². The second kappa shape index (κ2) is 27.4. The van der Waals surface area contributed by atoms with Gasteiger partial charge in [0.05, 0.1) is 17.9 Å². The molecule has 0 radical (unpaired) electrons. The number of allylic oxidation sites excluding steroid dienone is 5. The lowest BCUT2D eigenvalue weighted by Gasteiger charge is -2.22. The summed E-state index contributed by atoms with van der Waals surface area (Å²) in [6.07, 6.45) is 30.6. The Morgan fingerprint density at radius 3 is 1.61 bits per heavy atom. The third kappa shape index (κ3) is 27.1. The van der Waals surface area contributed by atoms with Gasteiger partial charge in [-0.05, 0) is 57.8 Å². The highest BCUT2D eigenvalue weighted by molar-refractivity contribution is 7.85. The third-order valence-electron chi connectivity index (χ3n) is 7.15. The van der Waals surface area contributed by atoms with Crippen LogP contribution in [0.4, 0.5) is 0 Å². The lowest BCUT2D eigenvalue weighted by atomic mass is 10.0. The molecule has 1 amide bonds. The number of rotatable bonds is 28. The summed E-state index contributed by atoms with van der Waals surface area (Å²) < 4.78 is 32.2. The van der Waals surface area contributed by atoms with E-state index in [1.807, 2.05) is 0 Å². The van der Waals surface area contributed by atoms with Crippen molar-refractivity contribution in [1.82, 2.24) is 5.32 Å². The zero-order valence-electron chi connectivity index (χ0n) is 26.0. The first-order valence-electron chi connectivity index (χ1n) is 16.3. The number of aliphatic hydroxyl groups excluding tert-OH is 2. The Labute approximate surface area is 251 Å². The molecule has 3 unspecified atom stereocenters. The minimum atomic E-state index is -4.44. The molecule has 0 aliphatic carbocycles. The second-order valence-electron chi connectivity index (χ2n) is 11.2. The Balaban J connectivity index is 4.24. The highest BCUT2D eigenvalue weighted by Crippen LogP contribution is 2.12. The Bertz CT molecular complexity index is 809. The van der Waals surface area contributed by atoms with Crippen LogP contribution in [0.5, 0.6) is 0 Å². The van der Waals surface area contributed by atoms with Gasteiger partial charge >= 0.3 is 0 Å². The molecule has 7 nitrogen and oxygen atoms in total. The van der Waals surface area contributed by atoms with Crippen LogP contribution in [0.25, 0.3) is 0 Å². The van der Waals surface area contributed by atoms with Crippen LogP contribution in [0.15, 0.2) is 36.5 Å². The summed E-state index contributed by atoms with van der Waals surface area (Å²) in [5, 5.41) is 23.1. The number of carbonyl (C=O) groups excluding carboxylic acids is 1. The molecule has 0 saturated carbocycles. The van der Waals surface area contributed by atoms with Gasteiger partial charge in [-0.15, -0.1) is 0 Å². The van der Waals surface area contributed by atoms with E-state index in [4.69, 9.17) is 0 Å². The zero-order chi connectivity index (χ0) is 30.6. The fraction of sp³-hybridized carbons (Fsp3) is 0.788. The number of carbonyl (C=O) groups is 1. The van der Waals surface area contributed by atoms with E-state index >= 15 is 0 Å². The first-order chi connectivity index (χ1) is 19.7. The molecule has 0 aromatic carbocycles. The molecule has 0 spiro atoms. The average Bonchev–Trinajstić information content (AvgIpc) is 2.92. The largest absolute Gasteiger partial charge is 0.387 e. The Kier molecular flexibility index (Phi) is 26.4. The Morgan fingerprint density at radius 1 is 0.659 bits per heavy atom. The van der Waals surface area contributed by atoms with Crippen molar-refractivity contribution in [3.05, 3.63) is 36.5 Å². The molecule has 3 atom stereocenters. The van der Waals surface area contributed by atoms with Gasteiger partial charge in [0.25, 0.3) is 10.1 Å². The SMILES string of the molecule is CCCCCC/C=C\CCCCCCCCC(O)C(=O)NC(CS(=O)(=O)O)C(O)/C=C/CC/C=C/CCCCCC. The van der Waals surface area contributed by atoms with Gasteiger partial charge in [0.15, 0.2) is 0 Å². The van der Waals surface area contributed by atoms with Crippen LogP contribution < -0.4 is 5.32 Å². The maximum Gasteiger partial charge on any atom is 0.267 e. The summed E-state index contributed by atoms with van der Waals surface area (Å²) in [6, 6.07) is -1.25. The normalized spacial score (nSPS) is 14.8. The van der Waals surface area contributed by atoms with Crippen molar-refractivity contribution in [2.45, 2.75) is 161 Å². The van der Waals surface area contributed by atoms with Crippen LogP contribution >= 0.6 is 0 Å². The summed E-state index contributed by atoms with van der Waals surface area (Å²) in [5.41, 5.74) is 0.